The fourth-order valence-electron chi connectivity index (χ4n) is 2.67. The Kier molecular flexibility index (Phi) is 3.66. The van der Waals surface area contributed by atoms with E-state index in [1.54, 1.807) is 6.20 Å². The first-order valence-corrected chi connectivity index (χ1v) is 8.10. The van der Waals surface area contributed by atoms with Crippen LogP contribution in [0.3, 0.4) is 0 Å². The number of benzene rings is 1. The molecule has 0 spiro atoms. The first-order chi connectivity index (χ1) is 11.6. The zero-order chi connectivity index (χ0) is 16.7. The lowest BCUT2D eigenvalue weighted by Gasteiger charge is -2.07. The van der Waals surface area contributed by atoms with Crippen LogP contribution in [-0.2, 0) is 13.5 Å². The highest BCUT2D eigenvalue weighted by atomic mass is 35.5. The predicted octanol–water partition coefficient (Wildman–Crippen LogP) is 3.46. The van der Waals surface area contributed by atoms with Crippen LogP contribution in [-0.4, -0.2) is 29.3 Å². The number of aryl methyl sites for hydroxylation is 1. The van der Waals surface area contributed by atoms with E-state index in [4.69, 9.17) is 23.8 Å². The molecule has 8 heteroatoms. The molecule has 1 aromatic carbocycles. The first kappa shape index (κ1) is 15.0. The monoisotopic (exact) mass is 356 g/mol. The minimum absolute atomic E-state index is 0.530. The highest BCUT2D eigenvalue weighted by molar-refractivity contribution is 7.71. The van der Waals surface area contributed by atoms with Crippen molar-refractivity contribution in [1.82, 2.24) is 29.3 Å². The number of fused-ring (bicyclic) bond motifs is 1. The number of rotatable bonds is 3. The van der Waals surface area contributed by atoms with Gasteiger partial charge in [0.2, 0.25) is 0 Å². The summed E-state index contributed by atoms with van der Waals surface area (Å²) in [7, 11) is 1.95. The molecule has 0 fully saturated rings. The highest BCUT2D eigenvalue weighted by Gasteiger charge is 2.14. The van der Waals surface area contributed by atoms with Gasteiger partial charge in [-0.25, -0.2) is 9.97 Å². The summed E-state index contributed by atoms with van der Waals surface area (Å²) >= 11 is 11.3. The maximum atomic E-state index is 5.97. The lowest BCUT2D eigenvalue weighted by atomic mass is 10.3. The van der Waals surface area contributed by atoms with Crippen molar-refractivity contribution in [2.45, 2.75) is 6.42 Å². The van der Waals surface area contributed by atoms with Gasteiger partial charge in [0.05, 0.1) is 6.42 Å². The number of halogens is 1. The number of aromatic amines is 1. The molecule has 4 rings (SSSR count). The number of nitrogens with zero attached hydrogens (tertiary/aromatic N) is 5. The Morgan fingerprint density at radius 3 is 2.71 bits per heavy atom. The van der Waals surface area contributed by atoms with Crippen LogP contribution in [0.2, 0.25) is 5.02 Å². The second-order valence-corrected chi connectivity index (χ2v) is 6.19. The SMILES string of the molecule is Cn1c(Cc2n[nH]c(=S)n2-c2ccc(Cl)cc2)nc2cccnc21. The first-order valence-electron chi connectivity index (χ1n) is 7.32. The van der Waals surface area contributed by atoms with Crippen LogP contribution >= 0.6 is 23.8 Å². The molecule has 4 aromatic rings. The Morgan fingerprint density at radius 2 is 1.96 bits per heavy atom. The van der Waals surface area contributed by atoms with Crippen LogP contribution in [0.1, 0.15) is 11.6 Å². The summed E-state index contributed by atoms with van der Waals surface area (Å²) < 4.78 is 4.39. The van der Waals surface area contributed by atoms with Crippen molar-refractivity contribution in [2.75, 3.05) is 0 Å². The minimum Gasteiger partial charge on any atom is -0.315 e. The van der Waals surface area contributed by atoms with Crippen LogP contribution in [0, 0.1) is 4.77 Å². The number of hydrogen-bond donors (Lipinski definition) is 1. The second-order valence-electron chi connectivity index (χ2n) is 5.37. The van der Waals surface area contributed by atoms with E-state index < -0.39 is 0 Å². The van der Waals surface area contributed by atoms with Gasteiger partial charge < -0.3 is 4.57 Å². The summed E-state index contributed by atoms with van der Waals surface area (Å²) in [5, 5.41) is 7.89. The van der Waals surface area contributed by atoms with Gasteiger partial charge in [-0.2, -0.15) is 5.10 Å². The molecule has 0 saturated carbocycles. The molecule has 0 atom stereocenters. The number of nitrogens with one attached hydrogen (secondary N) is 1. The summed E-state index contributed by atoms with van der Waals surface area (Å²) in [5.74, 6) is 1.65. The average molecular weight is 357 g/mol. The normalized spacial score (nSPS) is 11.2. The van der Waals surface area contributed by atoms with Crippen LogP contribution in [0.4, 0.5) is 0 Å². The molecule has 0 amide bonds. The maximum absolute atomic E-state index is 5.97. The van der Waals surface area contributed by atoms with E-state index in [0.717, 1.165) is 28.5 Å². The van der Waals surface area contributed by atoms with Gasteiger partial charge in [-0.3, -0.25) is 9.67 Å². The third-order valence-electron chi connectivity index (χ3n) is 3.86. The summed E-state index contributed by atoms with van der Waals surface area (Å²) in [5.41, 5.74) is 2.62. The fraction of sp³-hybridized carbons (Fsp3) is 0.125. The third kappa shape index (κ3) is 2.51. The van der Waals surface area contributed by atoms with Crippen molar-refractivity contribution < 1.29 is 0 Å². The minimum atomic E-state index is 0.530. The Hall–Kier alpha value is -2.51. The zero-order valence-electron chi connectivity index (χ0n) is 12.8. The molecule has 0 aliphatic rings. The largest absolute Gasteiger partial charge is 0.315 e. The van der Waals surface area contributed by atoms with Crippen molar-refractivity contribution >= 4 is 35.0 Å². The fourth-order valence-corrected chi connectivity index (χ4v) is 3.06. The molecule has 0 aliphatic carbocycles. The third-order valence-corrected chi connectivity index (χ3v) is 4.39. The van der Waals surface area contributed by atoms with Gasteiger partial charge in [0.15, 0.2) is 10.4 Å². The lowest BCUT2D eigenvalue weighted by molar-refractivity contribution is 0.790. The Bertz CT molecular complexity index is 1080. The Morgan fingerprint density at radius 1 is 1.17 bits per heavy atom. The molecule has 3 aromatic heterocycles. The van der Waals surface area contributed by atoms with Crippen molar-refractivity contribution in [3.05, 3.63) is 64.0 Å². The standard InChI is InChI=1S/C16H13ClN6S/c1-22-13(19-12-3-2-8-18-15(12)22)9-14-20-21-16(24)23(14)11-6-4-10(17)5-7-11/h2-8H,9H2,1H3,(H,21,24). The Balaban J connectivity index is 1.79. The molecular formula is C16H13ClN6S. The topological polar surface area (TPSA) is 64.3 Å². The lowest BCUT2D eigenvalue weighted by Crippen LogP contribution is -2.06. The second kappa shape index (κ2) is 5.85. The van der Waals surface area contributed by atoms with Gasteiger partial charge >= 0.3 is 0 Å². The molecule has 0 bridgehead atoms. The van der Waals surface area contributed by atoms with E-state index in [-0.39, 0.29) is 0 Å². The van der Waals surface area contributed by atoms with Crippen molar-refractivity contribution in [2.24, 2.45) is 7.05 Å². The van der Waals surface area contributed by atoms with Gasteiger partial charge in [0.1, 0.15) is 17.2 Å². The molecular weight excluding hydrogens is 344 g/mol. The summed E-state index contributed by atoms with van der Waals surface area (Å²) in [6, 6.07) is 11.3. The van der Waals surface area contributed by atoms with Crippen molar-refractivity contribution in [3.8, 4) is 5.69 Å². The van der Waals surface area contributed by atoms with Gasteiger partial charge in [-0.05, 0) is 48.6 Å². The number of imidazole rings is 1. The summed E-state index contributed by atoms with van der Waals surface area (Å²) in [6.45, 7) is 0. The number of pyridine rings is 1. The quantitative estimate of drug-likeness (QED) is 0.571. The van der Waals surface area contributed by atoms with E-state index in [0.29, 0.717) is 16.2 Å². The average Bonchev–Trinajstić information content (AvgIpc) is 3.10. The molecule has 3 heterocycles. The number of H-pyrrole nitrogens is 1. The van der Waals surface area contributed by atoms with Crippen LogP contribution in [0.15, 0.2) is 42.6 Å². The molecule has 0 radical (unpaired) electrons. The van der Waals surface area contributed by atoms with Gasteiger partial charge in [-0.15, -0.1) is 0 Å². The van der Waals surface area contributed by atoms with Crippen LogP contribution in [0.25, 0.3) is 16.9 Å². The van der Waals surface area contributed by atoms with Gasteiger partial charge in [0.25, 0.3) is 0 Å². The smallest absolute Gasteiger partial charge is 0.199 e. The van der Waals surface area contributed by atoms with Crippen molar-refractivity contribution in [1.29, 1.82) is 0 Å². The van der Waals surface area contributed by atoms with E-state index in [1.807, 2.05) is 52.6 Å². The summed E-state index contributed by atoms with van der Waals surface area (Å²) in [6.07, 6.45) is 2.29. The molecule has 0 unspecified atom stereocenters. The molecule has 1 N–H and O–H groups in total. The van der Waals surface area contributed by atoms with E-state index in [9.17, 15) is 0 Å². The maximum Gasteiger partial charge on any atom is 0.199 e. The molecule has 0 saturated heterocycles. The van der Waals surface area contributed by atoms with E-state index in [1.165, 1.54) is 0 Å². The van der Waals surface area contributed by atoms with Crippen LogP contribution < -0.4 is 0 Å². The highest BCUT2D eigenvalue weighted by Crippen LogP contribution is 2.18. The van der Waals surface area contributed by atoms with Gasteiger partial charge in [-0.1, -0.05) is 11.6 Å². The van der Waals surface area contributed by atoms with Gasteiger partial charge in [0, 0.05) is 24.0 Å². The van der Waals surface area contributed by atoms with Crippen molar-refractivity contribution in [3.63, 3.8) is 0 Å². The number of aromatic nitrogens is 6. The molecule has 120 valence electrons. The van der Waals surface area contributed by atoms with E-state index >= 15 is 0 Å². The molecule has 24 heavy (non-hydrogen) atoms. The van der Waals surface area contributed by atoms with Crippen LogP contribution in [0.5, 0.6) is 0 Å². The summed E-state index contributed by atoms with van der Waals surface area (Å²) in [4.78, 5) is 9.01. The predicted molar refractivity (Wildman–Crippen MR) is 95.1 cm³/mol. The Labute approximate surface area is 147 Å². The molecule has 6 nitrogen and oxygen atoms in total. The van der Waals surface area contributed by atoms with E-state index in [2.05, 4.69) is 20.2 Å². The molecule has 0 aliphatic heterocycles. The number of hydrogen-bond acceptors (Lipinski definition) is 4. The zero-order valence-corrected chi connectivity index (χ0v) is 14.3.